The molecule has 0 amide bonds. The summed E-state index contributed by atoms with van der Waals surface area (Å²) in [6.45, 7) is 0. The van der Waals surface area contributed by atoms with Crippen LogP contribution in [0.3, 0.4) is 0 Å². The molecular weight excluding hydrogens is 272 g/mol. The molecule has 0 unspecified atom stereocenters. The lowest BCUT2D eigenvalue weighted by Gasteiger charge is -2.22. The van der Waals surface area contributed by atoms with Crippen molar-refractivity contribution >= 4 is 21.8 Å². The van der Waals surface area contributed by atoms with Gasteiger partial charge in [-0.3, -0.25) is 14.3 Å². The van der Waals surface area contributed by atoms with Crippen LogP contribution >= 0.6 is 0 Å². The van der Waals surface area contributed by atoms with Crippen LogP contribution < -0.4 is 5.56 Å². The van der Waals surface area contributed by atoms with Crippen LogP contribution in [0.25, 0.3) is 27.5 Å². The van der Waals surface area contributed by atoms with Crippen LogP contribution in [-0.4, -0.2) is 9.55 Å². The first-order valence-electron chi connectivity index (χ1n) is 7.34. The van der Waals surface area contributed by atoms with Crippen molar-refractivity contribution in [1.82, 2.24) is 9.55 Å². The molecule has 1 aliphatic rings. The van der Waals surface area contributed by atoms with E-state index in [0.29, 0.717) is 0 Å². The van der Waals surface area contributed by atoms with E-state index in [0.717, 1.165) is 39.5 Å². The minimum atomic E-state index is 0.0319. The first-order valence-corrected chi connectivity index (χ1v) is 7.34. The number of aromatic nitrogens is 2. The molecule has 3 heterocycles. The normalized spacial score (nSPS) is 12.5. The van der Waals surface area contributed by atoms with E-state index in [4.69, 9.17) is 0 Å². The topological polar surface area (TPSA) is 34.9 Å². The smallest absolute Gasteiger partial charge is 0.263 e. The Morgan fingerprint density at radius 3 is 2.55 bits per heavy atom. The second-order valence-electron chi connectivity index (χ2n) is 5.66. The number of nitrogens with zero attached hydrogens (tertiary/aromatic N) is 2. The Morgan fingerprint density at radius 1 is 0.864 bits per heavy atom. The van der Waals surface area contributed by atoms with Crippen LogP contribution in [0.15, 0.2) is 65.6 Å². The Kier molecular flexibility index (Phi) is 2.15. The van der Waals surface area contributed by atoms with Gasteiger partial charge in [0.05, 0.1) is 16.7 Å². The van der Waals surface area contributed by atoms with Gasteiger partial charge in [0.2, 0.25) is 0 Å². The molecule has 3 nitrogen and oxygen atoms in total. The molecule has 0 atom stereocenters. The van der Waals surface area contributed by atoms with Crippen LogP contribution in [0.2, 0.25) is 0 Å². The zero-order valence-electron chi connectivity index (χ0n) is 11.8. The van der Waals surface area contributed by atoms with Crippen molar-refractivity contribution < 1.29 is 0 Å². The van der Waals surface area contributed by atoms with E-state index in [1.807, 2.05) is 59.3 Å². The zero-order chi connectivity index (χ0) is 14.7. The Morgan fingerprint density at radius 2 is 1.64 bits per heavy atom. The first-order chi connectivity index (χ1) is 10.8. The summed E-state index contributed by atoms with van der Waals surface area (Å²) < 4.78 is 1.83. The van der Waals surface area contributed by atoms with Crippen molar-refractivity contribution in [3.63, 3.8) is 0 Å². The standard InChI is InChI=1S/C19H12N2O/c22-19-15-7-3-2-6-14(15)17-18-13(9-10-20-17)11-12-5-1-4-8-16(12)21(18)19/h1-10H,11H2. The average Bonchev–Trinajstić information content (AvgIpc) is 2.58. The molecule has 1 aliphatic heterocycles. The van der Waals surface area contributed by atoms with Crippen LogP contribution in [0.1, 0.15) is 11.1 Å². The van der Waals surface area contributed by atoms with Gasteiger partial charge in [0.25, 0.3) is 5.56 Å². The van der Waals surface area contributed by atoms with Gasteiger partial charge < -0.3 is 0 Å². The Bertz CT molecular complexity index is 1130. The Hall–Kier alpha value is -2.94. The molecule has 22 heavy (non-hydrogen) atoms. The van der Waals surface area contributed by atoms with Crippen molar-refractivity contribution in [1.29, 1.82) is 0 Å². The second kappa shape index (κ2) is 4.04. The quantitative estimate of drug-likeness (QED) is 0.408. The predicted molar refractivity (Wildman–Crippen MR) is 87.7 cm³/mol. The zero-order valence-corrected chi connectivity index (χ0v) is 11.8. The van der Waals surface area contributed by atoms with Crippen LogP contribution in [0.4, 0.5) is 0 Å². The van der Waals surface area contributed by atoms with E-state index < -0.39 is 0 Å². The van der Waals surface area contributed by atoms with Gasteiger partial charge in [0.15, 0.2) is 0 Å². The number of hydrogen-bond acceptors (Lipinski definition) is 2. The van der Waals surface area contributed by atoms with Gasteiger partial charge in [-0.2, -0.15) is 0 Å². The monoisotopic (exact) mass is 284 g/mol. The number of rotatable bonds is 0. The molecule has 0 spiro atoms. The molecule has 3 heteroatoms. The summed E-state index contributed by atoms with van der Waals surface area (Å²) in [5, 5.41) is 1.65. The highest BCUT2D eigenvalue weighted by atomic mass is 16.1. The maximum atomic E-state index is 13.1. The molecule has 0 bridgehead atoms. The Balaban J connectivity index is 2.14. The van der Waals surface area contributed by atoms with Crippen molar-refractivity contribution in [2.45, 2.75) is 6.42 Å². The largest absolute Gasteiger partial charge is 0.274 e. The predicted octanol–water partition coefficient (Wildman–Crippen LogP) is 3.44. The third-order valence-electron chi connectivity index (χ3n) is 4.46. The van der Waals surface area contributed by atoms with Gasteiger partial charge in [-0.1, -0.05) is 36.4 Å². The lowest BCUT2D eigenvalue weighted by atomic mass is 9.96. The fourth-order valence-corrected chi connectivity index (χ4v) is 3.49. The molecule has 0 saturated heterocycles. The second-order valence-corrected chi connectivity index (χ2v) is 5.66. The number of fused-ring (bicyclic) bond motifs is 4. The van der Waals surface area contributed by atoms with E-state index in [1.54, 1.807) is 0 Å². The number of pyridine rings is 2. The van der Waals surface area contributed by atoms with Gasteiger partial charge in [0, 0.05) is 23.4 Å². The van der Waals surface area contributed by atoms with Crippen molar-refractivity contribution in [2.24, 2.45) is 0 Å². The average molecular weight is 284 g/mol. The molecule has 2 aromatic carbocycles. The van der Waals surface area contributed by atoms with E-state index in [1.165, 1.54) is 5.56 Å². The summed E-state index contributed by atoms with van der Waals surface area (Å²) in [6, 6.07) is 17.8. The summed E-state index contributed by atoms with van der Waals surface area (Å²) in [5.41, 5.74) is 5.20. The van der Waals surface area contributed by atoms with Gasteiger partial charge in [-0.05, 0) is 29.3 Å². The van der Waals surface area contributed by atoms with Crippen LogP contribution in [0.5, 0.6) is 0 Å². The molecule has 0 saturated carbocycles. The molecule has 0 radical (unpaired) electrons. The number of benzene rings is 2. The molecule has 5 rings (SSSR count). The maximum Gasteiger partial charge on any atom is 0.263 e. The molecule has 0 N–H and O–H groups in total. The van der Waals surface area contributed by atoms with E-state index >= 15 is 0 Å². The first kappa shape index (κ1) is 11.7. The SMILES string of the molecule is O=c1c2ccccc2c2nccc3c2n1-c1ccccc1C3. The van der Waals surface area contributed by atoms with Crippen LogP contribution in [-0.2, 0) is 6.42 Å². The summed E-state index contributed by atoms with van der Waals surface area (Å²) in [4.78, 5) is 17.6. The summed E-state index contributed by atoms with van der Waals surface area (Å²) in [5.74, 6) is 0. The van der Waals surface area contributed by atoms with Crippen molar-refractivity contribution in [2.75, 3.05) is 0 Å². The highest BCUT2D eigenvalue weighted by Crippen LogP contribution is 2.32. The molecule has 104 valence electrons. The minimum absolute atomic E-state index is 0.0319. The van der Waals surface area contributed by atoms with E-state index in [9.17, 15) is 4.79 Å². The maximum absolute atomic E-state index is 13.1. The molecule has 0 aliphatic carbocycles. The minimum Gasteiger partial charge on any atom is -0.274 e. The third-order valence-corrected chi connectivity index (χ3v) is 4.46. The molecule has 4 aromatic rings. The van der Waals surface area contributed by atoms with Crippen LogP contribution in [0, 0.1) is 0 Å². The van der Waals surface area contributed by atoms with E-state index in [2.05, 4.69) is 11.1 Å². The number of para-hydroxylation sites is 1. The lowest BCUT2D eigenvalue weighted by Crippen LogP contribution is -2.24. The lowest BCUT2D eigenvalue weighted by molar-refractivity contribution is 0.971. The highest BCUT2D eigenvalue weighted by molar-refractivity contribution is 6.05. The number of hydrogen-bond donors (Lipinski definition) is 0. The summed E-state index contributed by atoms with van der Waals surface area (Å²) in [6.07, 6.45) is 2.68. The van der Waals surface area contributed by atoms with Crippen molar-refractivity contribution in [3.05, 3.63) is 82.3 Å². The summed E-state index contributed by atoms with van der Waals surface area (Å²) in [7, 11) is 0. The van der Waals surface area contributed by atoms with Gasteiger partial charge in [-0.25, -0.2) is 0 Å². The molecule has 0 fully saturated rings. The van der Waals surface area contributed by atoms with E-state index in [-0.39, 0.29) is 5.56 Å². The van der Waals surface area contributed by atoms with Gasteiger partial charge >= 0.3 is 0 Å². The molecular formula is C19H12N2O. The van der Waals surface area contributed by atoms with Gasteiger partial charge in [-0.15, -0.1) is 0 Å². The Labute approximate surface area is 126 Å². The summed E-state index contributed by atoms with van der Waals surface area (Å²) >= 11 is 0. The van der Waals surface area contributed by atoms with Crippen molar-refractivity contribution in [3.8, 4) is 5.69 Å². The highest BCUT2D eigenvalue weighted by Gasteiger charge is 2.21. The third kappa shape index (κ3) is 1.35. The molecule has 2 aromatic heterocycles. The fourth-order valence-electron chi connectivity index (χ4n) is 3.49. The fraction of sp³-hybridized carbons (Fsp3) is 0.0526. The van der Waals surface area contributed by atoms with Gasteiger partial charge in [0.1, 0.15) is 0 Å².